The molecule has 0 aromatic heterocycles. The Hall–Kier alpha value is -2.59. The lowest BCUT2D eigenvalue weighted by atomic mass is 10.0. The van der Waals surface area contributed by atoms with Crippen LogP contribution in [-0.4, -0.2) is 35.3 Å². The van der Waals surface area contributed by atoms with Crippen LogP contribution < -0.4 is 5.32 Å². The van der Waals surface area contributed by atoms with Crippen molar-refractivity contribution in [1.82, 2.24) is 15.1 Å². The summed E-state index contributed by atoms with van der Waals surface area (Å²) in [6, 6.07) is 4.06. The summed E-state index contributed by atoms with van der Waals surface area (Å²) in [6.45, 7) is 18.5. The van der Waals surface area contributed by atoms with Gasteiger partial charge in [-0.3, -0.25) is 14.6 Å². The summed E-state index contributed by atoms with van der Waals surface area (Å²) >= 11 is 0. The summed E-state index contributed by atoms with van der Waals surface area (Å²) in [4.78, 5) is 17.3. The first-order valence-corrected chi connectivity index (χ1v) is 9.01. The summed E-state index contributed by atoms with van der Waals surface area (Å²) < 4.78 is 0. The number of carbonyl (C=O) groups is 1. The van der Waals surface area contributed by atoms with Gasteiger partial charge in [0.15, 0.2) is 0 Å². The molecule has 1 unspecified atom stereocenters. The van der Waals surface area contributed by atoms with E-state index >= 15 is 0 Å². The summed E-state index contributed by atoms with van der Waals surface area (Å²) in [5, 5.41) is 3.10. The van der Waals surface area contributed by atoms with Crippen molar-refractivity contribution in [3.05, 3.63) is 78.6 Å². The first-order chi connectivity index (χ1) is 12.5. The van der Waals surface area contributed by atoms with Crippen LogP contribution in [-0.2, 0) is 13.1 Å². The second kappa shape index (κ2) is 7.34. The second-order valence-corrected chi connectivity index (χ2v) is 6.90. The normalized spacial score (nSPS) is 17.0. The topological polar surface area (TPSA) is 35.6 Å². The number of fused-ring (bicyclic) bond motifs is 2. The van der Waals surface area contributed by atoms with Gasteiger partial charge in [-0.1, -0.05) is 25.3 Å². The number of likely N-dealkylation sites (N-methyl/N-ethyl adjacent to an activating group) is 1. The Labute approximate surface area is 156 Å². The molecule has 0 fully saturated rings. The Morgan fingerprint density at radius 1 is 1.23 bits per heavy atom. The fraction of sp³-hybridized carbons (Fsp3) is 0.318. The van der Waals surface area contributed by atoms with Gasteiger partial charge in [0.1, 0.15) is 0 Å². The molecule has 0 saturated heterocycles. The molecule has 1 aromatic rings. The molecular formula is C22H27N3O. The molecule has 0 spiro atoms. The zero-order valence-corrected chi connectivity index (χ0v) is 15.6. The maximum atomic E-state index is 13.2. The Morgan fingerprint density at radius 3 is 2.46 bits per heavy atom. The van der Waals surface area contributed by atoms with E-state index in [0.717, 1.165) is 55.0 Å². The molecule has 0 saturated carbocycles. The van der Waals surface area contributed by atoms with Crippen LogP contribution in [0.25, 0.3) is 5.70 Å². The van der Waals surface area contributed by atoms with Crippen LogP contribution in [0.15, 0.2) is 56.3 Å². The maximum Gasteiger partial charge on any atom is 0.259 e. The molecule has 2 aliphatic rings. The summed E-state index contributed by atoms with van der Waals surface area (Å²) in [5.74, 6) is 0.0143. The Bertz CT molecular complexity index is 748. The first-order valence-electron chi connectivity index (χ1n) is 9.01. The highest BCUT2D eigenvalue weighted by Crippen LogP contribution is 2.39. The zero-order chi connectivity index (χ0) is 18.8. The van der Waals surface area contributed by atoms with Gasteiger partial charge in [0, 0.05) is 49.2 Å². The standard InChI is InChI=1S/C22H27N3O/c1-6-8-9-21(15(3)23-5)25-16(4)19-11-17-13-24(10-7-2)14-18(17)12-20(19)22(25)26/h6-7,11-12,21,23H,1-4,8-10,13-14H2,5H3. The van der Waals surface area contributed by atoms with Crippen LogP contribution in [0.2, 0.25) is 0 Å². The van der Waals surface area contributed by atoms with Gasteiger partial charge in [-0.15, -0.1) is 13.2 Å². The van der Waals surface area contributed by atoms with Crippen molar-refractivity contribution in [3.63, 3.8) is 0 Å². The van der Waals surface area contributed by atoms with E-state index < -0.39 is 0 Å². The monoisotopic (exact) mass is 349 g/mol. The molecule has 0 bridgehead atoms. The fourth-order valence-corrected chi connectivity index (χ4v) is 3.86. The second-order valence-electron chi connectivity index (χ2n) is 6.90. The lowest BCUT2D eigenvalue weighted by molar-refractivity contribution is 0.0813. The minimum absolute atomic E-state index is 0.0143. The van der Waals surface area contributed by atoms with Crippen LogP contribution >= 0.6 is 0 Å². The van der Waals surface area contributed by atoms with E-state index in [9.17, 15) is 4.79 Å². The van der Waals surface area contributed by atoms with E-state index in [1.54, 1.807) is 4.90 Å². The summed E-state index contributed by atoms with van der Waals surface area (Å²) in [5.41, 5.74) is 5.78. The van der Waals surface area contributed by atoms with Gasteiger partial charge in [0.05, 0.1) is 6.04 Å². The van der Waals surface area contributed by atoms with E-state index in [1.807, 2.05) is 25.3 Å². The number of allylic oxidation sites excluding steroid dienone is 1. The average molecular weight is 349 g/mol. The molecular weight excluding hydrogens is 322 g/mol. The van der Waals surface area contributed by atoms with Gasteiger partial charge >= 0.3 is 0 Å². The van der Waals surface area contributed by atoms with Crippen molar-refractivity contribution in [3.8, 4) is 0 Å². The Balaban J connectivity index is 1.92. The molecule has 1 atom stereocenters. The zero-order valence-electron chi connectivity index (χ0n) is 15.6. The molecule has 4 heteroatoms. The minimum atomic E-state index is -0.127. The van der Waals surface area contributed by atoms with Crippen LogP contribution in [0.3, 0.4) is 0 Å². The lowest BCUT2D eigenvalue weighted by Crippen LogP contribution is -2.39. The van der Waals surface area contributed by atoms with Crippen molar-refractivity contribution in [2.75, 3.05) is 13.6 Å². The van der Waals surface area contributed by atoms with Crippen LogP contribution in [0.1, 0.15) is 39.9 Å². The number of hydrogen-bond acceptors (Lipinski definition) is 3. The highest BCUT2D eigenvalue weighted by molar-refractivity contribution is 6.09. The first kappa shape index (κ1) is 18.2. The Morgan fingerprint density at radius 2 is 1.88 bits per heavy atom. The van der Waals surface area contributed by atoms with Gasteiger partial charge < -0.3 is 5.32 Å². The lowest BCUT2D eigenvalue weighted by Gasteiger charge is -2.30. The molecule has 0 aliphatic carbocycles. The van der Waals surface area contributed by atoms with E-state index in [-0.39, 0.29) is 11.9 Å². The minimum Gasteiger partial charge on any atom is -0.390 e. The van der Waals surface area contributed by atoms with Crippen molar-refractivity contribution in [1.29, 1.82) is 0 Å². The third kappa shape index (κ3) is 3.01. The van der Waals surface area contributed by atoms with Gasteiger partial charge in [-0.25, -0.2) is 0 Å². The summed E-state index contributed by atoms with van der Waals surface area (Å²) in [6.07, 6.45) is 5.37. The van der Waals surface area contributed by atoms with Crippen LogP contribution in [0.5, 0.6) is 0 Å². The van der Waals surface area contributed by atoms with Crippen molar-refractivity contribution in [2.24, 2.45) is 0 Å². The predicted molar refractivity (Wildman–Crippen MR) is 107 cm³/mol. The molecule has 1 N–H and O–H groups in total. The van der Waals surface area contributed by atoms with Gasteiger partial charge in [0.25, 0.3) is 5.91 Å². The van der Waals surface area contributed by atoms with E-state index in [4.69, 9.17) is 0 Å². The average Bonchev–Trinajstić information content (AvgIpc) is 3.13. The van der Waals surface area contributed by atoms with E-state index in [0.29, 0.717) is 0 Å². The molecule has 2 heterocycles. The van der Waals surface area contributed by atoms with Crippen LogP contribution in [0, 0.1) is 0 Å². The largest absolute Gasteiger partial charge is 0.390 e. The molecule has 2 aliphatic heterocycles. The molecule has 3 rings (SSSR count). The highest BCUT2D eigenvalue weighted by Gasteiger charge is 2.38. The quantitative estimate of drug-likeness (QED) is 0.727. The number of carbonyl (C=O) groups excluding carboxylic acids is 1. The number of rotatable bonds is 8. The van der Waals surface area contributed by atoms with Gasteiger partial charge in [-0.05, 0) is 36.1 Å². The molecule has 136 valence electrons. The molecule has 26 heavy (non-hydrogen) atoms. The van der Waals surface area contributed by atoms with Crippen molar-refractivity contribution in [2.45, 2.75) is 32.0 Å². The maximum absolute atomic E-state index is 13.2. The number of benzene rings is 1. The smallest absolute Gasteiger partial charge is 0.259 e. The number of nitrogens with zero attached hydrogens (tertiary/aromatic N) is 2. The van der Waals surface area contributed by atoms with E-state index in [1.165, 1.54) is 11.1 Å². The third-order valence-corrected chi connectivity index (χ3v) is 5.25. The Kier molecular flexibility index (Phi) is 5.14. The van der Waals surface area contributed by atoms with Crippen LogP contribution in [0.4, 0.5) is 0 Å². The number of amides is 1. The van der Waals surface area contributed by atoms with Crippen molar-refractivity contribution < 1.29 is 4.79 Å². The van der Waals surface area contributed by atoms with Gasteiger partial charge in [-0.2, -0.15) is 0 Å². The fourth-order valence-electron chi connectivity index (χ4n) is 3.86. The highest BCUT2D eigenvalue weighted by atomic mass is 16.2. The van der Waals surface area contributed by atoms with Crippen molar-refractivity contribution >= 4 is 11.6 Å². The van der Waals surface area contributed by atoms with Gasteiger partial charge in [0.2, 0.25) is 0 Å². The summed E-state index contributed by atoms with van der Waals surface area (Å²) in [7, 11) is 1.84. The number of hydrogen-bond donors (Lipinski definition) is 1. The molecule has 1 aromatic carbocycles. The third-order valence-electron chi connectivity index (χ3n) is 5.25. The molecule has 0 radical (unpaired) electrons. The SMILES string of the molecule is C=CCCC(C(=C)NC)N1C(=C)c2cc3c(cc2C1=O)CN(CC=C)C3. The number of nitrogens with one attached hydrogen (secondary N) is 1. The van der Waals surface area contributed by atoms with E-state index in [2.05, 4.69) is 42.6 Å². The molecule has 4 nitrogen and oxygen atoms in total. The molecule has 1 amide bonds. The predicted octanol–water partition coefficient (Wildman–Crippen LogP) is 3.68.